The van der Waals surface area contributed by atoms with Gasteiger partial charge in [0.1, 0.15) is 5.75 Å². The highest BCUT2D eigenvalue weighted by molar-refractivity contribution is 6.10. The van der Waals surface area contributed by atoms with Crippen molar-refractivity contribution in [3.8, 4) is 5.75 Å². The van der Waals surface area contributed by atoms with Crippen LogP contribution < -0.4 is 4.74 Å². The number of carboxylic acids is 1. The largest absolute Gasteiger partial charge is 0.494 e. The minimum atomic E-state index is -1.04. The lowest BCUT2D eigenvalue weighted by Crippen LogP contribution is -2.06. The molecule has 0 aliphatic rings. The molecule has 4 nitrogen and oxygen atoms in total. The van der Waals surface area contributed by atoms with Crippen molar-refractivity contribution in [3.63, 3.8) is 0 Å². The summed E-state index contributed by atoms with van der Waals surface area (Å²) < 4.78 is 5.74. The van der Waals surface area contributed by atoms with Crippen molar-refractivity contribution >= 4 is 11.8 Å². The van der Waals surface area contributed by atoms with Gasteiger partial charge in [0, 0.05) is 11.1 Å². The van der Waals surface area contributed by atoms with E-state index in [1.165, 1.54) is 25.0 Å². The van der Waals surface area contributed by atoms with Gasteiger partial charge in [-0.05, 0) is 49.2 Å². The number of unbranched alkanes of at least 4 members (excludes halogenated alkanes) is 3. The van der Waals surface area contributed by atoms with Crippen LogP contribution in [0.1, 0.15) is 64.4 Å². The highest BCUT2D eigenvalue weighted by atomic mass is 16.5. The first-order chi connectivity index (χ1) is 12.0. The molecule has 0 aliphatic carbocycles. The van der Waals surface area contributed by atoms with Crippen LogP contribution in [-0.2, 0) is 0 Å². The first kappa shape index (κ1) is 18.7. The molecule has 1 N–H and O–H groups in total. The second-order valence-corrected chi connectivity index (χ2v) is 6.10. The Bertz CT molecular complexity index is 749. The van der Waals surface area contributed by atoms with Gasteiger partial charge in [-0.2, -0.15) is 0 Å². The van der Waals surface area contributed by atoms with Gasteiger partial charge >= 0.3 is 5.97 Å². The molecule has 0 saturated heterocycles. The monoisotopic (exact) mass is 340 g/mol. The Morgan fingerprint density at radius 2 is 1.76 bits per heavy atom. The summed E-state index contributed by atoms with van der Waals surface area (Å²) in [6.45, 7) is 4.71. The predicted molar refractivity (Wildman–Crippen MR) is 97.6 cm³/mol. The van der Waals surface area contributed by atoms with E-state index in [1.807, 2.05) is 13.0 Å². The summed E-state index contributed by atoms with van der Waals surface area (Å²) in [5.74, 6) is -0.474. The van der Waals surface area contributed by atoms with E-state index in [4.69, 9.17) is 9.84 Å². The quantitative estimate of drug-likeness (QED) is 0.522. The maximum absolute atomic E-state index is 12.7. The number of hydrogen-bond acceptors (Lipinski definition) is 3. The van der Waals surface area contributed by atoms with E-state index in [0.717, 1.165) is 24.2 Å². The lowest BCUT2D eigenvalue weighted by Gasteiger charge is -2.10. The molecule has 0 spiro atoms. The molecule has 0 bridgehead atoms. The Labute approximate surface area is 148 Å². The van der Waals surface area contributed by atoms with Gasteiger partial charge in [0.25, 0.3) is 0 Å². The standard InChI is InChI=1S/C21H24O4/c1-3-4-5-6-12-25-18-10-11-19(15(2)13-18)20(22)16-8-7-9-17(14-16)21(23)24/h7-11,13-14H,3-6,12H2,1-2H3,(H,23,24). The molecule has 0 atom stereocenters. The minimum Gasteiger partial charge on any atom is -0.494 e. The molecule has 0 fully saturated rings. The number of aryl methyl sites for hydroxylation is 1. The number of ether oxygens (including phenoxy) is 1. The first-order valence-electron chi connectivity index (χ1n) is 8.64. The van der Waals surface area contributed by atoms with Crippen molar-refractivity contribution in [2.45, 2.75) is 39.5 Å². The molecule has 2 aromatic rings. The van der Waals surface area contributed by atoms with E-state index in [-0.39, 0.29) is 11.3 Å². The average Bonchev–Trinajstić information content (AvgIpc) is 2.61. The molecular formula is C21H24O4. The number of hydrogen-bond donors (Lipinski definition) is 1. The zero-order valence-corrected chi connectivity index (χ0v) is 14.7. The fourth-order valence-electron chi connectivity index (χ4n) is 2.65. The second kappa shape index (κ2) is 9.02. The molecule has 0 saturated carbocycles. The van der Waals surface area contributed by atoms with Crippen LogP contribution in [0.5, 0.6) is 5.75 Å². The molecule has 0 heterocycles. The highest BCUT2D eigenvalue weighted by Gasteiger charge is 2.14. The van der Waals surface area contributed by atoms with Gasteiger partial charge in [0.15, 0.2) is 5.78 Å². The average molecular weight is 340 g/mol. The molecule has 0 amide bonds. The summed E-state index contributed by atoms with van der Waals surface area (Å²) in [6, 6.07) is 11.5. The van der Waals surface area contributed by atoms with Crippen LogP contribution in [0.15, 0.2) is 42.5 Å². The fraction of sp³-hybridized carbons (Fsp3) is 0.333. The Morgan fingerprint density at radius 1 is 1.00 bits per heavy atom. The Morgan fingerprint density at radius 3 is 2.44 bits per heavy atom. The molecule has 0 aromatic heterocycles. The van der Waals surface area contributed by atoms with Gasteiger partial charge in [-0.15, -0.1) is 0 Å². The van der Waals surface area contributed by atoms with Gasteiger partial charge in [0.2, 0.25) is 0 Å². The van der Waals surface area contributed by atoms with Crippen molar-refractivity contribution in [2.75, 3.05) is 6.61 Å². The van der Waals surface area contributed by atoms with Gasteiger partial charge in [-0.1, -0.05) is 38.3 Å². The number of carbonyl (C=O) groups is 2. The Hall–Kier alpha value is -2.62. The Kier molecular flexibility index (Phi) is 6.75. The zero-order chi connectivity index (χ0) is 18.2. The van der Waals surface area contributed by atoms with Crippen molar-refractivity contribution in [2.24, 2.45) is 0 Å². The smallest absolute Gasteiger partial charge is 0.335 e. The third kappa shape index (κ3) is 5.18. The van der Waals surface area contributed by atoms with Gasteiger partial charge in [0.05, 0.1) is 12.2 Å². The summed E-state index contributed by atoms with van der Waals surface area (Å²) in [6.07, 6.45) is 4.59. The summed E-state index contributed by atoms with van der Waals surface area (Å²) in [5, 5.41) is 9.06. The second-order valence-electron chi connectivity index (χ2n) is 6.10. The molecule has 2 aromatic carbocycles. The van der Waals surface area contributed by atoms with E-state index in [1.54, 1.807) is 24.3 Å². The lowest BCUT2D eigenvalue weighted by atomic mass is 9.97. The van der Waals surface area contributed by atoms with Gasteiger partial charge in [-0.3, -0.25) is 4.79 Å². The summed E-state index contributed by atoms with van der Waals surface area (Å²) in [4.78, 5) is 23.7. The van der Waals surface area contributed by atoms with Crippen LogP contribution in [0.25, 0.3) is 0 Å². The molecule has 0 unspecified atom stereocenters. The SMILES string of the molecule is CCCCCCOc1ccc(C(=O)c2cccc(C(=O)O)c2)c(C)c1. The number of rotatable bonds is 9. The molecule has 0 radical (unpaired) electrons. The van der Waals surface area contributed by atoms with Crippen molar-refractivity contribution in [1.29, 1.82) is 0 Å². The van der Waals surface area contributed by atoms with Gasteiger partial charge in [-0.25, -0.2) is 4.79 Å². The summed E-state index contributed by atoms with van der Waals surface area (Å²) >= 11 is 0. The lowest BCUT2D eigenvalue weighted by molar-refractivity contribution is 0.0697. The maximum Gasteiger partial charge on any atom is 0.335 e. The van der Waals surface area contributed by atoms with E-state index < -0.39 is 5.97 Å². The minimum absolute atomic E-state index is 0.107. The number of aromatic carboxylic acids is 1. The third-order valence-corrected chi connectivity index (χ3v) is 4.08. The number of ketones is 1. The van der Waals surface area contributed by atoms with E-state index in [0.29, 0.717) is 17.7 Å². The number of carbonyl (C=O) groups excluding carboxylic acids is 1. The van der Waals surface area contributed by atoms with Crippen molar-refractivity contribution in [3.05, 3.63) is 64.7 Å². The van der Waals surface area contributed by atoms with Crippen molar-refractivity contribution < 1.29 is 19.4 Å². The molecule has 132 valence electrons. The number of carboxylic acid groups (broad SMARTS) is 1. The molecule has 0 aliphatic heterocycles. The van der Waals surface area contributed by atoms with Crippen molar-refractivity contribution in [1.82, 2.24) is 0 Å². The van der Waals surface area contributed by atoms with Gasteiger partial charge < -0.3 is 9.84 Å². The normalized spacial score (nSPS) is 10.5. The first-order valence-corrected chi connectivity index (χ1v) is 8.64. The summed E-state index contributed by atoms with van der Waals surface area (Å²) in [5.41, 5.74) is 1.85. The third-order valence-electron chi connectivity index (χ3n) is 4.08. The molecular weight excluding hydrogens is 316 g/mol. The van der Waals surface area contributed by atoms with Crippen LogP contribution in [0.2, 0.25) is 0 Å². The van der Waals surface area contributed by atoms with E-state index in [9.17, 15) is 9.59 Å². The number of benzene rings is 2. The molecule has 25 heavy (non-hydrogen) atoms. The zero-order valence-electron chi connectivity index (χ0n) is 14.7. The highest BCUT2D eigenvalue weighted by Crippen LogP contribution is 2.21. The van der Waals surface area contributed by atoms with Crippen LogP contribution in [0.4, 0.5) is 0 Å². The topological polar surface area (TPSA) is 63.6 Å². The maximum atomic E-state index is 12.7. The molecule has 2 rings (SSSR count). The van der Waals surface area contributed by atoms with Crippen LogP contribution >= 0.6 is 0 Å². The van der Waals surface area contributed by atoms with E-state index >= 15 is 0 Å². The predicted octanol–water partition coefficient (Wildman–Crippen LogP) is 4.88. The van der Waals surface area contributed by atoms with Crippen LogP contribution in [-0.4, -0.2) is 23.5 Å². The fourth-order valence-corrected chi connectivity index (χ4v) is 2.65. The summed E-state index contributed by atoms with van der Waals surface area (Å²) in [7, 11) is 0. The van der Waals surface area contributed by atoms with Crippen LogP contribution in [0.3, 0.4) is 0 Å². The Balaban J connectivity index is 2.08. The molecule has 4 heteroatoms. The van der Waals surface area contributed by atoms with Crippen LogP contribution in [0, 0.1) is 6.92 Å². The van der Waals surface area contributed by atoms with E-state index in [2.05, 4.69) is 6.92 Å².